The molecule has 1 heterocycles. The topological polar surface area (TPSA) is 37.8 Å². The first kappa shape index (κ1) is 12.3. The minimum Gasteiger partial charge on any atom is -0.367 e. The van der Waals surface area contributed by atoms with Gasteiger partial charge in [-0.15, -0.1) is 0 Å². The van der Waals surface area contributed by atoms with Crippen molar-refractivity contribution in [2.24, 2.45) is 0 Å². The molecular weight excluding hydrogens is 241 g/mol. The highest BCUT2D eigenvalue weighted by atomic mass is 35.5. The Morgan fingerprint density at radius 2 is 2.29 bits per heavy atom. The number of anilines is 1. The molecule has 2 rings (SSSR count). The number of halogens is 2. The fourth-order valence-electron chi connectivity index (χ4n) is 1.94. The van der Waals surface area contributed by atoms with Crippen LogP contribution >= 0.6 is 11.6 Å². The van der Waals surface area contributed by atoms with Gasteiger partial charge in [0.25, 0.3) is 0 Å². The number of nitrogens with one attached hydrogen (secondary N) is 1. The van der Waals surface area contributed by atoms with Crippen LogP contribution < -0.4 is 5.32 Å². The standard InChI is InChI=1S/C12H15ClFN3/c13-12-16-8-10(14)11(17-12)15-7-6-9-4-2-1-3-5-9/h4,8H,1-3,5-7H2,(H,15,16,17). The van der Waals surface area contributed by atoms with Gasteiger partial charge in [-0.3, -0.25) is 0 Å². The van der Waals surface area contributed by atoms with Gasteiger partial charge in [0.15, 0.2) is 11.6 Å². The zero-order valence-corrected chi connectivity index (χ0v) is 10.3. The lowest BCUT2D eigenvalue weighted by Gasteiger charge is -2.13. The highest BCUT2D eigenvalue weighted by Crippen LogP contribution is 2.20. The van der Waals surface area contributed by atoms with Crippen molar-refractivity contribution in [3.8, 4) is 0 Å². The molecule has 1 aromatic heterocycles. The van der Waals surface area contributed by atoms with Gasteiger partial charge < -0.3 is 5.32 Å². The van der Waals surface area contributed by atoms with Gasteiger partial charge in [0.2, 0.25) is 5.28 Å². The molecule has 0 fully saturated rings. The average Bonchev–Trinajstić information content (AvgIpc) is 2.35. The van der Waals surface area contributed by atoms with E-state index in [4.69, 9.17) is 11.6 Å². The maximum Gasteiger partial charge on any atom is 0.224 e. The summed E-state index contributed by atoms with van der Waals surface area (Å²) in [5.41, 5.74) is 1.45. The summed E-state index contributed by atoms with van der Waals surface area (Å²) in [4.78, 5) is 7.37. The summed E-state index contributed by atoms with van der Waals surface area (Å²) in [6.45, 7) is 0.677. The molecule has 1 aromatic rings. The van der Waals surface area contributed by atoms with E-state index in [0.29, 0.717) is 6.54 Å². The Morgan fingerprint density at radius 1 is 1.41 bits per heavy atom. The quantitative estimate of drug-likeness (QED) is 0.660. The Morgan fingerprint density at radius 3 is 3.06 bits per heavy atom. The molecule has 0 atom stereocenters. The predicted molar refractivity (Wildman–Crippen MR) is 66.7 cm³/mol. The average molecular weight is 256 g/mol. The Labute approximate surface area is 105 Å². The van der Waals surface area contributed by atoms with Crippen LogP contribution in [0.2, 0.25) is 5.28 Å². The summed E-state index contributed by atoms with van der Waals surface area (Å²) in [5.74, 6) is -0.284. The van der Waals surface area contributed by atoms with Crippen molar-refractivity contribution in [3.05, 3.63) is 28.9 Å². The third-order valence-corrected chi connectivity index (χ3v) is 3.02. The van der Waals surface area contributed by atoms with E-state index in [1.807, 2.05) is 0 Å². The van der Waals surface area contributed by atoms with E-state index in [1.54, 1.807) is 0 Å². The largest absolute Gasteiger partial charge is 0.367 e. The van der Waals surface area contributed by atoms with Crippen LogP contribution in [-0.4, -0.2) is 16.5 Å². The second-order valence-electron chi connectivity index (χ2n) is 4.12. The highest BCUT2D eigenvalue weighted by Gasteiger charge is 2.06. The van der Waals surface area contributed by atoms with Crippen LogP contribution in [0.25, 0.3) is 0 Å². The summed E-state index contributed by atoms with van der Waals surface area (Å²) in [6, 6.07) is 0. The van der Waals surface area contributed by atoms with Crippen LogP contribution in [0.15, 0.2) is 17.8 Å². The van der Waals surface area contributed by atoms with Gasteiger partial charge in [0.1, 0.15) is 0 Å². The van der Waals surface area contributed by atoms with E-state index in [1.165, 1.54) is 24.8 Å². The number of rotatable bonds is 4. The van der Waals surface area contributed by atoms with Gasteiger partial charge in [0, 0.05) is 6.54 Å². The van der Waals surface area contributed by atoms with Crippen molar-refractivity contribution in [2.75, 3.05) is 11.9 Å². The van der Waals surface area contributed by atoms with E-state index in [9.17, 15) is 4.39 Å². The molecule has 0 spiro atoms. The van der Waals surface area contributed by atoms with E-state index < -0.39 is 5.82 Å². The Bertz CT molecular complexity index is 420. The molecule has 0 aromatic carbocycles. The minimum absolute atomic E-state index is 0.0609. The molecular formula is C12H15ClFN3. The maximum absolute atomic E-state index is 13.3. The van der Waals surface area contributed by atoms with Crippen LogP contribution in [0.3, 0.4) is 0 Å². The smallest absolute Gasteiger partial charge is 0.224 e. The monoisotopic (exact) mass is 255 g/mol. The first-order valence-corrected chi connectivity index (χ1v) is 6.23. The lowest BCUT2D eigenvalue weighted by atomic mass is 9.97. The number of nitrogens with zero attached hydrogens (tertiary/aromatic N) is 2. The van der Waals surface area contributed by atoms with E-state index in [-0.39, 0.29) is 11.1 Å². The van der Waals surface area contributed by atoms with Gasteiger partial charge in [-0.1, -0.05) is 11.6 Å². The second-order valence-corrected chi connectivity index (χ2v) is 4.46. The number of aromatic nitrogens is 2. The molecule has 0 saturated carbocycles. The number of hydrogen-bond acceptors (Lipinski definition) is 3. The van der Waals surface area contributed by atoms with E-state index in [2.05, 4.69) is 21.4 Å². The SMILES string of the molecule is Fc1cnc(Cl)nc1NCCC1=CCCCC1. The van der Waals surface area contributed by atoms with Gasteiger partial charge in [-0.2, -0.15) is 4.98 Å². The predicted octanol–water partition coefficient (Wildman–Crippen LogP) is 3.57. The summed E-state index contributed by atoms with van der Waals surface area (Å²) in [7, 11) is 0. The van der Waals surface area contributed by atoms with Crippen LogP contribution in [0, 0.1) is 5.82 Å². The van der Waals surface area contributed by atoms with Crippen LogP contribution in [0.4, 0.5) is 10.2 Å². The van der Waals surface area contributed by atoms with Crippen molar-refractivity contribution < 1.29 is 4.39 Å². The molecule has 3 nitrogen and oxygen atoms in total. The summed E-state index contributed by atoms with van der Waals surface area (Å²) in [6.07, 6.45) is 9.18. The molecule has 0 radical (unpaired) electrons. The van der Waals surface area contributed by atoms with Gasteiger partial charge in [-0.05, 0) is 43.7 Å². The van der Waals surface area contributed by atoms with Gasteiger partial charge in [-0.25, -0.2) is 9.37 Å². The fourth-order valence-corrected chi connectivity index (χ4v) is 2.08. The summed E-state index contributed by atoms with van der Waals surface area (Å²) >= 11 is 5.60. The first-order chi connectivity index (χ1) is 8.25. The Balaban J connectivity index is 1.85. The zero-order chi connectivity index (χ0) is 12.1. The molecule has 1 aliphatic rings. The van der Waals surface area contributed by atoms with Crippen molar-refractivity contribution in [1.82, 2.24) is 9.97 Å². The van der Waals surface area contributed by atoms with Crippen molar-refractivity contribution in [3.63, 3.8) is 0 Å². The maximum atomic E-state index is 13.3. The van der Waals surface area contributed by atoms with E-state index >= 15 is 0 Å². The lowest BCUT2D eigenvalue weighted by Crippen LogP contribution is -2.08. The Kier molecular flexibility index (Phi) is 4.31. The first-order valence-electron chi connectivity index (χ1n) is 5.85. The van der Waals surface area contributed by atoms with Crippen molar-refractivity contribution in [1.29, 1.82) is 0 Å². The fraction of sp³-hybridized carbons (Fsp3) is 0.500. The van der Waals surface area contributed by atoms with E-state index in [0.717, 1.165) is 19.0 Å². The molecule has 1 N–H and O–H groups in total. The molecule has 92 valence electrons. The molecule has 0 aliphatic heterocycles. The molecule has 17 heavy (non-hydrogen) atoms. The zero-order valence-electron chi connectivity index (χ0n) is 9.55. The van der Waals surface area contributed by atoms with Crippen LogP contribution in [0.5, 0.6) is 0 Å². The highest BCUT2D eigenvalue weighted by molar-refractivity contribution is 6.28. The third-order valence-electron chi connectivity index (χ3n) is 2.84. The van der Waals surface area contributed by atoms with Gasteiger partial charge >= 0.3 is 0 Å². The van der Waals surface area contributed by atoms with Crippen LogP contribution in [-0.2, 0) is 0 Å². The number of allylic oxidation sites excluding steroid dienone is 1. The summed E-state index contributed by atoms with van der Waals surface area (Å²) < 4.78 is 13.3. The molecule has 0 saturated heterocycles. The number of hydrogen-bond donors (Lipinski definition) is 1. The molecule has 0 unspecified atom stereocenters. The minimum atomic E-state index is -0.466. The normalized spacial score (nSPS) is 15.5. The Hall–Kier alpha value is -1.16. The molecule has 1 aliphatic carbocycles. The van der Waals surface area contributed by atoms with Crippen LogP contribution in [0.1, 0.15) is 32.1 Å². The molecule has 5 heteroatoms. The molecule has 0 bridgehead atoms. The molecule has 0 amide bonds. The third kappa shape index (κ3) is 3.66. The second kappa shape index (κ2) is 5.96. The van der Waals surface area contributed by atoms with Crippen molar-refractivity contribution in [2.45, 2.75) is 32.1 Å². The van der Waals surface area contributed by atoms with Crippen molar-refractivity contribution >= 4 is 17.4 Å². The lowest BCUT2D eigenvalue weighted by molar-refractivity contribution is 0.616. The summed E-state index contributed by atoms with van der Waals surface area (Å²) in [5, 5.41) is 3.01. The van der Waals surface area contributed by atoms with Gasteiger partial charge in [0.05, 0.1) is 6.20 Å².